The highest BCUT2D eigenvalue weighted by atomic mass is 16.5. The molecule has 1 aromatic carbocycles. The molecule has 0 unspecified atom stereocenters. The number of hydrogen-bond acceptors (Lipinski definition) is 2. The highest BCUT2D eigenvalue weighted by Crippen LogP contribution is 2.27. The van der Waals surface area contributed by atoms with Crippen LogP contribution in [0, 0.1) is 0 Å². The van der Waals surface area contributed by atoms with Crippen molar-refractivity contribution >= 4 is 5.97 Å². The zero-order chi connectivity index (χ0) is 10.7. The first-order chi connectivity index (χ1) is 7.29. The average molecular weight is 204 g/mol. The molecule has 15 heavy (non-hydrogen) atoms. The van der Waals surface area contributed by atoms with Crippen molar-refractivity contribution in [3.8, 4) is 5.75 Å². The van der Waals surface area contributed by atoms with Gasteiger partial charge in [-0.1, -0.05) is 31.9 Å². The molecular weight excluding hydrogens is 188 g/mol. The van der Waals surface area contributed by atoms with Crippen molar-refractivity contribution in [3.05, 3.63) is 29.3 Å². The van der Waals surface area contributed by atoms with Gasteiger partial charge in [0.15, 0.2) is 0 Å². The number of fused-ring (bicyclic) bond motifs is 1. The first kappa shape index (κ1) is 10.2. The maximum Gasteiger partial charge on any atom is 0.315 e. The van der Waals surface area contributed by atoms with E-state index in [2.05, 4.69) is 13.0 Å². The summed E-state index contributed by atoms with van der Waals surface area (Å²) in [5.41, 5.74) is 2.30. The smallest absolute Gasteiger partial charge is 0.315 e. The zero-order valence-corrected chi connectivity index (χ0v) is 9.08. The first-order valence-electron chi connectivity index (χ1n) is 5.62. The molecule has 1 aromatic rings. The van der Waals surface area contributed by atoms with Crippen LogP contribution >= 0.6 is 0 Å². The van der Waals surface area contributed by atoms with Gasteiger partial charge in [0.1, 0.15) is 5.75 Å². The SMILES string of the molecule is CCCCCc1ccc2c(c1)OC(=O)C2. The van der Waals surface area contributed by atoms with E-state index in [1.165, 1.54) is 24.8 Å². The molecule has 0 saturated carbocycles. The lowest BCUT2D eigenvalue weighted by molar-refractivity contribution is -0.131. The van der Waals surface area contributed by atoms with E-state index < -0.39 is 0 Å². The van der Waals surface area contributed by atoms with Crippen LogP contribution in [0.25, 0.3) is 0 Å². The van der Waals surface area contributed by atoms with Crippen LogP contribution in [-0.4, -0.2) is 5.97 Å². The van der Waals surface area contributed by atoms with Crippen molar-refractivity contribution in [3.63, 3.8) is 0 Å². The lowest BCUT2D eigenvalue weighted by atomic mass is 10.0. The fraction of sp³-hybridized carbons (Fsp3) is 0.462. The largest absolute Gasteiger partial charge is 0.426 e. The summed E-state index contributed by atoms with van der Waals surface area (Å²) in [6, 6.07) is 6.13. The van der Waals surface area contributed by atoms with Gasteiger partial charge >= 0.3 is 5.97 Å². The summed E-state index contributed by atoms with van der Waals surface area (Å²) in [5.74, 6) is 0.643. The Kier molecular flexibility index (Phi) is 3.05. The molecule has 0 aromatic heterocycles. The van der Waals surface area contributed by atoms with E-state index in [0.29, 0.717) is 6.42 Å². The molecule has 0 fully saturated rings. The lowest BCUT2D eigenvalue weighted by Gasteiger charge is -2.02. The van der Waals surface area contributed by atoms with E-state index in [-0.39, 0.29) is 5.97 Å². The fourth-order valence-electron chi connectivity index (χ4n) is 1.89. The second-order valence-corrected chi connectivity index (χ2v) is 4.05. The molecule has 0 N–H and O–H groups in total. The van der Waals surface area contributed by atoms with E-state index in [1.54, 1.807) is 0 Å². The molecule has 80 valence electrons. The Bertz CT molecular complexity index is 369. The number of rotatable bonds is 4. The van der Waals surface area contributed by atoms with Gasteiger partial charge in [-0.25, -0.2) is 0 Å². The molecular formula is C13H16O2. The van der Waals surface area contributed by atoms with Crippen molar-refractivity contribution in [2.24, 2.45) is 0 Å². The Morgan fingerprint density at radius 1 is 1.33 bits per heavy atom. The molecule has 0 spiro atoms. The van der Waals surface area contributed by atoms with Crippen LogP contribution in [-0.2, 0) is 17.6 Å². The Balaban J connectivity index is 2.03. The molecule has 2 rings (SSSR count). The van der Waals surface area contributed by atoms with Crippen LogP contribution in [0.5, 0.6) is 5.75 Å². The Hall–Kier alpha value is -1.31. The Morgan fingerprint density at radius 3 is 3.00 bits per heavy atom. The number of esters is 1. The molecule has 1 aliphatic heterocycles. The summed E-state index contributed by atoms with van der Waals surface area (Å²) in [7, 11) is 0. The second-order valence-electron chi connectivity index (χ2n) is 4.05. The fourth-order valence-corrected chi connectivity index (χ4v) is 1.89. The number of unbranched alkanes of at least 4 members (excludes halogenated alkanes) is 2. The maximum absolute atomic E-state index is 11.0. The van der Waals surface area contributed by atoms with Crippen LogP contribution in [0.2, 0.25) is 0 Å². The standard InChI is InChI=1S/C13H16O2/c1-2-3-4-5-10-6-7-11-9-13(14)15-12(11)8-10/h6-8H,2-5,9H2,1H3. The van der Waals surface area contributed by atoms with E-state index in [1.807, 2.05) is 12.1 Å². The van der Waals surface area contributed by atoms with Gasteiger partial charge in [-0.3, -0.25) is 4.79 Å². The Morgan fingerprint density at radius 2 is 2.20 bits per heavy atom. The van der Waals surface area contributed by atoms with E-state index >= 15 is 0 Å². The van der Waals surface area contributed by atoms with Crippen LogP contribution in [0.3, 0.4) is 0 Å². The third-order valence-electron chi connectivity index (χ3n) is 2.76. The predicted molar refractivity (Wildman–Crippen MR) is 59.0 cm³/mol. The number of carbonyl (C=O) groups is 1. The van der Waals surface area contributed by atoms with Crippen molar-refractivity contribution in [1.82, 2.24) is 0 Å². The summed E-state index contributed by atoms with van der Waals surface area (Å²) in [6.07, 6.45) is 5.23. The summed E-state index contributed by atoms with van der Waals surface area (Å²) in [6.45, 7) is 2.20. The first-order valence-corrected chi connectivity index (χ1v) is 5.62. The molecule has 2 nitrogen and oxygen atoms in total. The molecule has 1 aliphatic rings. The van der Waals surface area contributed by atoms with Crippen LogP contribution in [0.4, 0.5) is 0 Å². The minimum Gasteiger partial charge on any atom is -0.426 e. The summed E-state index contributed by atoms with van der Waals surface area (Å²) >= 11 is 0. The molecule has 0 aliphatic carbocycles. The molecule has 0 radical (unpaired) electrons. The Labute approximate surface area is 90.3 Å². The number of benzene rings is 1. The number of aryl methyl sites for hydroxylation is 1. The summed E-state index contributed by atoms with van der Waals surface area (Å²) in [4.78, 5) is 11.0. The predicted octanol–water partition coefficient (Wildman–Crippen LogP) is 2.88. The van der Waals surface area contributed by atoms with Crippen LogP contribution in [0.1, 0.15) is 37.3 Å². The zero-order valence-electron chi connectivity index (χ0n) is 9.08. The van der Waals surface area contributed by atoms with E-state index in [4.69, 9.17) is 4.74 Å². The van der Waals surface area contributed by atoms with Crippen molar-refractivity contribution in [2.75, 3.05) is 0 Å². The molecule has 0 amide bonds. The van der Waals surface area contributed by atoms with Gasteiger partial charge in [-0.15, -0.1) is 0 Å². The second kappa shape index (κ2) is 4.47. The van der Waals surface area contributed by atoms with Gasteiger partial charge < -0.3 is 4.74 Å². The average Bonchev–Trinajstić information content (AvgIpc) is 2.57. The van der Waals surface area contributed by atoms with Crippen LogP contribution in [0.15, 0.2) is 18.2 Å². The van der Waals surface area contributed by atoms with E-state index in [0.717, 1.165) is 17.7 Å². The maximum atomic E-state index is 11.0. The van der Waals surface area contributed by atoms with Gasteiger partial charge in [0, 0.05) is 5.56 Å². The quantitative estimate of drug-likeness (QED) is 0.428. The number of hydrogen-bond donors (Lipinski definition) is 0. The summed E-state index contributed by atoms with van der Waals surface area (Å²) < 4.78 is 5.11. The van der Waals surface area contributed by atoms with Gasteiger partial charge in [-0.05, 0) is 24.5 Å². The van der Waals surface area contributed by atoms with E-state index in [9.17, 15) is 4.79 Å². The number of carbonyl (C=O) groups excluding carboxylic acids is 1. The van der Waals surface area contributed by atoms with Crippen LogP contribution < -0.4 is 4.74 Å². The summed E-state index contributed by atoms with van der Waals surface area (Å²) in [5, 5.41) is 0. The third kappa shape index (κ3) is 2.38. The molecule has 0 atom stereocenters. The molecule has 1 heterocycles. The molecule has 2 heteroatoms. The van der Waals surface area contributed by atoms with Crippen molar-refractivity contribution < 1.29 is 9.53 Å². The highest BCUT2D eigenvalue weighted by molar-refractivity contribution is 5.81. The highest BCUT2D eigenvalue weighted by Gasteiger charge is 2.19. The lowest BCUT2D eigenvalue weighted by Crippen LogP contribution is -2.00. The monoisotopic (exact) mass is 204 g/mol. The molecule has 0 bridgehead atoms. The topological polar surface area (TPSA) is 26.3 Å². The third-order valence-corrected chi connectivity index (χ3v) is 2.76. The van der Waals surface area contributed by atoms with Crippen molar-refractivity contribution in [2.45, 2.75) is 39.0 Å². The van der Waals surface area contributed by atoms with Gasteiger partial charge in [-0.2, -0.15) is 0 Å². The van der Waals surface area contributed by atoms with Crippen molar-refractivity contribution in [1.29, 1.82) is 0 Å². The number of ether oxygens (including phenoxy) is 1. The molecule has 0 saturated heterocycles. The minimum atomic E-state index is -0.129. The normalized spacial score (nSPS) is 13.8. The minimum absolute atomic E-state index is 0.129. The van der Waals surface area contributed by atoms with Gasteiger partial charge in [0.25, 0.3) is 0 Å². The van der Waals surface area contributed by atoms with Gasteiger partial charge in [0.2, 0.25) is 0 Å². The van der Waals surface area contributed by atoms with Gasteiger partial charge in [0.05, 0.1) is 6.42 Å².